The molecule has 1 N–H and O–H groups in total. The fraction of sp³-hybridized carbons (Fsp3) is 0.938. The molecule has 0 spiro atoms. The minimum atomic E-state index is -2.02. The Hall–Kier alpha value is -0.0662. The first kappa shape index (κ1) is 38.0. The van der Waals surface area contributed by atoms with Gasteiger partial charge in [-0.15, -0.1) is 0 Å². The minimum absolute atomic E-state index is 0.0222. The van der Waals surface area contributed by atoms with Crippen LogP contribution in [0, 0.1) is 23.7 Å². The van der Waals surface area contributed by atoms with Crippen molar-refractivity contribution < 1.29 is 28.2 Å². The lowest BCUT2D eigenvalue weighted by molar-refractivity contribution is -0.134. The molecule has 0 radical (unpaired) electrons. The van der Waals surface area contributed by atoms with Gasteiger partial charge < -0.3 is 28.2 Å². The Kier molecular flexibility index (Phi) is 14.3. The van der Waals surface area contributed by atoms with Crippen LogP contribution in [-0.4, -0.2) is 73.3 Å². The molecule has 0 saturated carbocycles. The monoisotopic (exact) mass is 602 g/mol. The van der Waals surface area contributed by atoms with Crippen LogP contribution in [0.2, 0.25) is 36.3 Å². The molecule has 6 nitrogen and oxygen atoms in total. The largest absolute Gasteiger partial charge is 0.416 e. The van der Waals surface area contributed by atoms with E-state index >= 15 is 0 Å². The standard InChI is InChI=1S/C32H66O6Si2/c1-22(17-18-26(33)25(4)30-23(2)19-29(35-12)37-30)27(34-11)20-28(38-40(15,16)32(8,9)10)24(3)21-36-39(13,14)31(5,6)7/h17-18,22-30,33H,19-21H2,1-16H3/b18-17+/t22-,23+,24+,25-,26+,27-,28-,29?,30+/m0/s1. The molecule has 1 aliphatic rings. The molecule has 1 aliphatic heterocycles. The van der Waals surface area contributed by atoms with Crippen LogP contribution in [0.15, 0.2) is 12.2 Å². The SMILES string of the molecule is COC1C[C@@H](C)[C@H]([C@@H](C)[C@H](O)/C=C/[C@H](C)[C@H](C[C@H](O[Si](C)(C)C(C)(C)C)[C@H](C)CO[Si](C)(C)C(C)(C)C)OC)O1. The summed E-state index contributed by atoms with van der Waals surface area (Å²) in [5, 5.41) is 11.3. The molecule has 40 heavy (non-hydrogen) atoms. The maximum Gasteiger partial charge on any atom is 0.192 e. The van der Waals surface area contributed by atoms with E-state index in [-0.39, 0.29) is 52.4 Å². The van der Waals surface area contributed by atoms with Gasteiger partial charge in [0.1, 0.15) is 0 Å². The maximum absolute atomic E-state index is 11.0. The summed E-state index contributed by atoms with van der Waals surface area (Å²) in [6, 6.07) is 0. The quantitative estimate of drug-likeness (QED) is 0.151. The van der Waals surface area contributed by atoms with Gasteiger partial charge in [0, 0.05) is 45.0 Å². The highest BCUT2D eigenvalue weighted by atomic mass is 28.4. The molecule has 0 aromatic carbocycles. The summed E-state index contributed by atoms with van der Waals surface area (Å²) in [7, 11) is -0.430. The van der Waals surface area contributed by atoms with Gasteiger partial charge in [0.25, 0.3) is 0 Å². The van der Waals surface area contributed by atoms with Gasteiger partial charge in [-0.1, -0.05) is 81.4 Å². The number of hydrogen-bond donors (Lipinski definition) is 1. The molecule has 1 fully saturated rings. The van der Waals surface area contributed by atoms with E-state index in [1.165, 1.54) is 0 Å². The van der Waals surface area contributed by atoms with E-state index in [1.54, 1.807) is 14.2 Å². The zero-order chi connectivity index (χ0) is 31.3. The van der Waals surface area contributed by atoms with Crippen molar-refractivity contribution in [3.8, 4) is 0 Å². The van der Waals surface area contributed by atoms with Crippen LogP contribution in [0.1, 0.15) is 82.1 Å². The van der Waals surface area contributed by atoms with Crippen LogP contribution in [-0.2, 0) is 23.1 Å². The van der Waals surface area contributed by atoms with E-state index in [9.17, 15) is 5.11 Å². The summed E-state index contributed by atoms with van der Waals surface area (Å²) in [5.41, 5.74) is 0. The second-order valence-corrected chi connectivity index (χ2v) is 25.1. The van der Waals surface area contributed by atoms with E-state index in [0.29, 0.717) is 12.5 Å². The Balaban J connectivity index is 3.03. The van der Waals surface area contributed by atoms with E-state index in [1.807, 2.05) is 6.08 Å². The number of aliphatic hydroxyl groups excluding tert-OH is 1. The number of ether oxygens (including phenoxy) is 3. The van der Waals surface area contributed by atoms with Crippen molar-refractivity contribution in [3.05, 3.63) is 12.2 Å². The lowest BCUT2D eigenvalue weighted by atomic mass is 9.88. The predicted octanol–water partition coefficient (Wildman–Crippen LogP) is 8.03. The molecule has 1 heterocycles. The van der Waals surface area contributed by atoms with Gasteiger partial charge in [-0.05, 0) is 48.6 Å². The third kappa shape index (κ3) is 10.6. The second kappa shape index (κ2) is 15.1. The molecular formula is C32H66O6Si2. The molecule has 0 amide bonds. The zero-order valence-electron chi connectivity index (χ0n) is 29.0. The van der Waals surface area contributed by atoms with Crippen LogP contribution in [0.4, 0.5) is 0 Å². The highest BCUT2D eigenvalue weighted by Crippen LogP contribution is 2.40. The number of methoxy groups -OCH3 is 2. The Labute approximate surface area is 250 Å². The Morgan fingerprint density at radius 1 is 0.900 bits per heavy atom. The van der Waals surface area contributed by atoms with E-state index in [0.717, 1.165) is 12.8 Å². The molecule has 1 rings (SSSR count). The maximum atomic E-state index is 11.0. The van der Waals surface area contributed by atoms with Crippen LogP contribution in [0.25, 0.3) is 0 Å². The first-order valence-corrected chi connectivity index (χ1v) is 21.3. The van der Waals surface area contributed by atoms with Gasteiger partial charge in [0.15, 0.2) is 22.9 Å². The van der Waals surface area contributed by atoms with Crippen molar-refractivity contribution in [1.82, 2.24) is 0 Å². The third-order valence-electron chi connectivity index (χ3n) is 10.1. The third-order valence-corrected chi connectivity index (χ3v) is 19.1. The molecule has 0 bridgehead atoms. The molecule has 0 aliphatic carbocycles. The van der Waals surface area contributed by atoms with Crippen molar-refractivity contribution in [2.75, 3.05) is 20.8 Å². The summed E-state index contributed by atoms with van der Waals surface area (Å²) < 4.78 is 31.2. The lowest BCUT2D eigenvalue weighted by Gasteiger charge is -2.43. The molecule has 0 aromatic heterocycles. The van der Waals surface area contributed by atoms with Crippen molar-refractivity contribution in [2.24, 2.45) is 23.7 Å². The molecule has 1 unspecified atom stereocenters. The smallest absolute Gasteiger partial charge is 0.192 e. The van der Waals surface area contributed by atoms with Crippen LogP contribution < -0.4 is 0 Å². The van der Waals surface area contributed by atoms with Crippen molar-refractivity contribution >= 4 is 16.6 Å². The van der Waals surface area contributed by atoms with Gasteiger partial charge in [0.2, 0.25) is 0 Å². The number of aliphatic hydroxyl groups is 1. The lowest BCUT2D eigenvalue weighted by Crippen LogP contribution is -2.48. The van der Waals surface area contributed by atoms with Gasteiger partial charge >= 0.3 is 0 Å². The van der Waals surface area contributed by atoms with Crippen molar-refractivity contribution in [2.45, 2.75) is 149 Å². The topological polar surface area (TPSA) is 66.4 Å². The summed E-state index contributed by atoms with van der Waals surface area (Å²) in [6.45, 7) is 32.3. The highest BCUT2D eigenvalue weighted by molar-refractivity contribution is 6.74. The fourth-order valence-corrected chi connectivity index (χ4v) is 7.30. The first-order valence-electron chi connectivity index (χ1n) is 15.5. The van der Waals surface area contributed by atoms with Crippen molar-refractivity contribution in [1.29, 1.82) is 0 Å². The van der Waals surface area contributed by atoms with Crippen molar-refractivity contribution in [3.63, 3.8) is 0 Å². The zero-order valence-corrected chi connectivity index (χ0v) is 31.0. The molecular weight excluding hydrogens is 537 g/mol. The summed E-state index contributed by atoms with van der Waals surface area (Å²) in [4.78, 5) is 0. The minimum Gasteiger partial charge on any atom is -0.416 e. The average molecular weight is 603 g/mol. The first-order chi connectivity index (χ1) is 18.1. The average Bonchev–Trinajstić information content (AvgIpc) is 3.21. The molecule has 8 heteroatoms. The molecule has 1 saturated heterocycles. The van der Waals surface area contributed by atoms with Crippen LogP contribution in [0.5, 0.6) is 0 Å². The number of rotatable bonds is 15. The fourth-order valence-electron chi connectivity index (χ4n) is 4.75. The van der Waals surface area contributed by atoms with E-state index < -0.39 is 22.7 Å². The summed E-state index contributed by atoms with van der Waals surface area (Å²) >= 11 is 0. The molecule has 238 valence electrons. The Morgan fingerprint density at radius 2 is 1.45 bits per heavy atom. The Morgan fingerprint density at radius 3 is 1.90 bits per heavy atom. The summed E-state index contributed by atoms with van der Waals surface area (Å²) in [6.07, 6.45) is 4.83. The summed E-state index contributed by atoms with van der Waals surface area (Å²) in [5.74, 6) is 0.661. The number of hydrogen-bond acceptors (Lipinski definition) is 6. The van der Waals surface area contributed by atoms with Gasteiger partial charge in [-0.25, -0.2) is 0 Å². The molecule has 0 aromatic rings. The van der Waals surface area contributed by atoms with Gasteiger partial charge in [0.05, 0.1) is 24.4 Å². The van der Waals surface area contributed by atoms with E-state index in [2.05, 4.69) is 102 Å². The Bertz CT molecular complexity index is 772. The predicted molar refractivity (Wildman–Crippen MR) is 173 cm³/mol. The highest BCUT2D eigenvalue weighted by Gasteiger charge is 2.43. The normalized spacial score (nSPS) is 26.1. The van der Waals surface area contributed by atoms with Gasteiger partial charge in [-0.2, -0.15) is 0 Å². The molecule has 9 atom stereocenters. The van der Waals surface area contributed by atoms with Crippen LogP contribution in [0.3, 0.4) is 0 Å². The van der Waals surface area contributed by atoms with Crippen LogP contribution >= 0.6 is 0 Å². The van der Waals surface area contributed by atoms with Gasteiger partial charge in [-0.3, -0.25) is 0 Å². The second-order valence-electron chi connectivity index (χ2n) is 15.5. The van der Waals surface area contributed by atoms with E-state index in [4.69, 9.17) is 23.1 Å².